The number of nitrogens with zero attached hydrogens (tertiary/aromatic N) is 1. The van der Waals surface area contributed by atoms with Gasteiger partial charge in [-0.3, -0.25) is 0 Å². The number of hydrogen-bond donors (Lipinski definition) is 0. The van der Waals surface area contributed by atoms with Crippen molar-refractivity contribution >= 4 is 0 Å². The fourth-order valence-electron chi connectivity index (χ4n) is 1.97. The van der Waals surface area contributed by atoms with Crippen molar-refractivity contribution in [2.45, 2.75) is 47.0 Å². The van der Waals surface area contributed by atoms with Crippen LogP contribution >= 0.6 is 0 Å². The Bertz CT molecular complexity index is 143. The highest BCUT2D eigenvalue weighted by Crippen LogP contribution is 2.46. The highest BCUT2D eigenvalue weighted by atomic mass is 16.5. The molecular formula is C13H29NO. The number of ether oxygens (including phenoxy) is 1. The van der Waals surface area contributed by atoms with Crippen LogP contribution < -0.4 is 0 Å². The van der Waals surface area contributed by atoms with E-state index in [-0.39, 0.29) is 0 Å². The molecule has 2 nitrogen and oxygen atoms in total. The van der Waals surface area contributed by atoms with Crippen molar-refractivity contribution in [2.24, 2.45) is 5.41 Å². The van der Waals surface area contributed by atoms with Gasteiger partial charge in [0.1, 0.15) is 0 Å². The molecule has 2 heteroatoms. The molecule has 0 unspecified atom stereocenters. The van der Waals surface area contributed by atoms with E-state index in [0.29, 0.717) is 5.41 Å². The molecule has 0 amide bonds. The topological polar surface area (TPSA) is 12.5 Å². The summed E-state index contributed by atoms with van der Waals surface area (Å²) in [5, 5.41) is 0. The van der Waals surface area contributed by atoms with Gasteiger partial charge in [-0.15, -0.1) is 0 Å². The minimum atomic E-state index is 0.528. The monoisotopic (exact) mass is 215 g/mol. The van der Waals surface area contributed by atoms with E-state index in [9.17, 15) is 0 Å². The van der Waals surface area contributed by atoms with Crippen molar-refractivity contribution < 1.29 is 4.74 Å². The summed E-state index contributed by atoms with van der Waals surface area (Å²) < 4.78 is 5.27. The fourth-order valence-corrected chi connectivity index (χ4v) is 1.97. The van der Waals surface area contributed by atoms with Crippen molar-refractivity contribution in [1.29, 1.82) is 0 Å². The summed E-state index contributed by atoms with van der Waals surface area (Å²) in [6, 6.07) is 0. The van der Waals surface area contributed by atoms with Gasteiger partial charge in [-0.2, -0.15) is 0 Å². The lowest BCUT2D eigenvalue weighted by molar-refractivity contribution is 0.110. The van der Waals surface area contributed by atoms with Crippen LogP contribution in [0.4, 0.5) is 0 Å². The third-order valence-corrected chi connectivity index (χ3v) is 2.95. The molecule has 1 aliphatic rings. The first-order valence-electron chi connectivity index (χ1n) is 6.47. The maximum Gasteiger partial charge on any atom is 0.0530 e. The summed E-state index contributed by atoms with van der Waals surface area (Å²) >= 11 is 0. The Morgan fingerprint density at radius 2 is 1.80 bits per heavy atom. The predicted molar refractivity (Wildman–Crippen MR) is 67.3 cm³/mol. The van der Waals surface area contributed by atoms with E-state index >= 15 is 0 Å². The minimum Gasteiger partial charge on any atom is -0.384 e. The summed E-state index contributed by atoms with van der Waals surface area (Å²) in [5.41, 5.74) is 0.528. The van der Waals surface area contributed by atoms with Gasteiger partial charge in [-0.1, -0.05) is 27.7 Å². The molecule has 0 bridgehead atoms. The summed E-state index contributed by atoms with van der Waals surface area (Å²) in [6.07, 6.45) is 3.99. The Morgan fingerprint density at radius 1 is 1.20 bits per heavy atom. The Kier molecular flexibility index (Phi) is 8.07. The van der Waals surface area contributed by atoms with Crippen LogP contribution in [0.3, 0.4) is 0 Å². The van der Waals surface area contributed by atoms with Crippen LogP contribution in [-0.2, 0) is 4.74 Å². The molecule has 1 saturated carbocycles. The molecule has 0 aromatic carbocycles. The van der Waals surface area contributed by atoms with Gasteiger partial charge >= 0.3 is 0 Å². The van der Waals surface area contributed by atoms with Crippen LogP contribution in [0, 0.1) is 5.41 Å². The summed E-state index contributed by atoms with van der Waals surface area (Å²) in [4.78, 5) is 2.55. The van der Waals surface area contributed by atoms with Crippen LogP contribution in [0.5, 0.6) is 0 Å². The molecule has 0 saturated heterocycles. The third kappa shape index (κ3) is 5.53. The predicted octanol–water partition coefficient (Wildman–Crippen LogP) is 3.17. The Morgan fingerprint density at radius 3 is 2.13 bits per heavy atom. The Labute approximate surface area is 96.0 Å². The van der Waals surface area contributed by atoms with Gasteiger partial charge in [0, 0.05) is 19.1 Å². The molecule has 0 N–H and O–H groups in total. The molecule has 1 aliphatic carbocycles. The zero-order valence-electron chi connectivity index (χ0n) is 11.3. The van der Waals surface area contributed by atoms with E-state index in [2.05, 4.69) is 18.7 Å². The minimum absolute atomic E-state index is 0.528. The Hall–Kier alpha value is -0.0800. The zero-order valence-corrected chi connectivity index (χ0v) is 11.3. The molecule has 0 heterocycles. The van der Waals surface area contributed by atoms with Crippen LogP contribution in [0.15, 0.2) is 0 Å². The molecule has 1 rings (SSSR count). The first kappa shape index (κ1) is 14.9. The normalized spacial score (nSPS) is 17.2. The van der Waals surface area contributed by atoms with Gasteiger partial charge in [0.2, 0.25) is 0 Å². The lowest BCUT2D eigenvalue weighted by atomic mass is 10.1. The molecule has 0 aliphatic heterocycles. The van der Waals surface area contributed by atoms with Gasteiger partial charge in [0.25, 0.3) is 0 Å². The largest absolute Gasteiger partial charge is 0.384 e. The second-order valence-electron chi connectivity index (χ2n) is 4.30. The summed E-state index contributed by atoms with van der Waals surface area (Å²) in [6.45, 7) is 13.1. The maximum atomic E-state index is 5.27. The van der Waals surface area contributed by atoms with Crippen LogP contribution in [0.25, 0.3) is 0 Å². The van der Waals surface area contributed by atoms with Crippen molar-refractivity contribution in [3.63, 3.8) is 0 Å². The van der Waals surface area contributed by atoms with Crippen molar-refractivity contribution in [3.8, 4) is 0 Å². The first-order valence-corrected chi connectivity index (χ1v) is 6.47. The van der Waals surface area contributed by atoms with Crippen molar-refractivity contribution in [2.75, 3.05) is 33.4 Å². The van der Waals surface area contributed by atoms with Crippen molar-refractivity contribution in [3.05, 3.63) is 0 Å². The van der Waals surface area contributed by atoms with Gasteiger partial charge in [0.15, 0.2) is 0 Å². The lowest BCUT2D eigenvalue weighted by Gasteiger charge is -2.25. The number of rotatable bonds is 7. The standard InChI is InChI=1S/C11H23NO.C2H6/c1-4-8-12(5-2)9-11(6-7-11)10-13-3;1-2/h4-10H2,1-3H3;1-2H3. The fraction of sp³-hybridized carbons (Fsp3) is 1.00. The molecule has 92 valence electrons. The third-order valence-electron chi connectivity index (χ3n) is 2.95. The highest BCUT2D eigenvalue weighted by molar-refractivity contribution is 4.95. The van der Waals surface area contributed by atoms with E-state index in [1.807, 2.05) is 21.0 Å². The second kappa shape index (κ2) is 8.12. The first-order chi connectivity index (χ1) is 7.26. The quantitative estimate of drug-likeness (QED) is 0.647. The lowest BCUT2D eigenvalue weighted by Crippen LogP contribution is -2.33. The molecule has 1 fully saturated rings. The molecular weight excluding hydrogens is 186 g/mol. The van der Waals surface area contributed by atoms with Crippen LogP contribution in [0.1, 0.15) is 47.0 Å². The zero-order chi connectivity index (χ0) is 11.7. The molecule has 0 aromatic heterocycles. The molecule has 0 radical (unpaired) electrons. The van der Waals surface area contributed by atoms with Gasteiger partial charge in [-0.25, -0.2) is 0 Å². The second-order valence-corrected chi connectivity index (χ2v) is 4.30. The molecule has 0 spiro atoms. The van der Waals surface area contributed by atoms with Crippen molar-refractivity contribution in [1.82, 2.24) is 4.90 Å². The summed E-state index contributed by atoms with van der Waals surface area (Å²) in [7, 11) is 1.82. The van der Waals surface area contributed by atoms with E-state index in [1.54, 1.807) is 0 Å². The highest BCUT2D eigenvalue weighted by Gasteiger charge is 2.43. The summed E-state index contributed by atoms with van der Waals surface area (Å²) in [5.74, 6) is 0. The maximum absolute atomic E-state index is 5.27. The van der Waals surface area contributed by atoms with Crippen LogP contribution in [0.2, 0.25) is 0 Å². The van der Waals surface area contributed by atoms with E-state index in [0.717, 1.165) is 6.61 Å². The molecule has 0 aromatic rings. The number of methoxy groups -OCH3 is 1. The van der Waals surface area contributed by atoms with Gasteiger partial charge < -0.3 is 9.64 Å². The smallest absolute Gasteiger partial charge is 0.0530 e. The number of hydrogen-bond acceptors (Lipinski definition) is 2. The molecule has 15 heavy (non-hydrogen) atoms. The van der Waals surface area contributed by atoms with E-state index in [1.165, 1.54) is 38.9 Å². The average molecular weight is 215 g/mol. The van der Waals surface area contributed by atoms with Crippen LogP contribution in [-0.4, -0.2) is 38.3 Å². The van der Waals surface area contributed by atoms with E-state index < -0.39 is 0 Å². The van der Waals surface area contributed by atoms with Gasteiger partial charge in [0.05, 0.1) is 6.61 Å². The van der Waals surface area contributed by atoms with E-state index in [4.69, 9.17) is 4.74 Å². The van der Waals surface area contributed by atoms with Gasteiger partial charge in [-0.05, 0) is 32.4 Å². The Balaban J connectivity index is 0.000000921. The molecule has 0 atom stereocenters. The average Bonchev–Trinajstić information content (AvgIpc) is 3.01. The SMILES string of the molecule is CC.CCCN(CC)CC1(COC)CC1.